The van der Waals surface area contributed by atoms with Crippen LogP contribution in [0.4, 0.5) is 5.82 Å². The molecule has 2 aromatic heterocycles. The minimum Gasteiger partial charge on any atom is -0.481 e. The Kier molecular flexibility index (Phi) is 5.21. The number of hydrogen-bond acceptors (Lipinski definition) is 4. The van der Waals surface area contributed by atoms with Crippen molar-refractivity contribution in [3.63, 3.8) is 0 Å². The molecule has 1 aromatic carbocycles. The first-order chi connectivity index (χ1) is 12.1. The van der Waals surface area contributed by atoms with Crippen LogP contribution in [-0.4, -0.2) is 27.8 Å². The lowest BCUT2D eigenvalue weighted by atomic mass is 10.2. The van der Waals surface area contributed by atoms with Gasteiger partial charge < -0.3 is 10.1 Å². The Hall–Kier alpha value is -2.57. The molecule has 0 aliphatic heterocycles. The molecule has 0 spiro atoms. The molecule has 0 aliphatic rings. The molecule has 3 rings (SSSR count). The molecule has 1 N–H and O–H groups in total. The van der Waals surface area contributed by atoms with Gasteiger partial charge in [0, 0.05) is 18.3 Å². The minimum atomic E-state index is -0.297. The fourth-order valence-corrected chi connectivity index (χ4v) is 2.60. The third-order valence-electron chi connectivity index (χ3n) is 3.52. The number of ether oxygens (including phenoxy) is 1. The predicted molar refractivity (Wildman–Crippen MR) is 96.5 cm³/mol. The molecule has 3 aromatic rings. The lowest BCUT2D eigenvalue weighted by Crippen LogP contribution is -2.16. The molecule has 0 unspecified atom stereocenters. The number of aromatic nitrogens is 3. The van der Waals surface area contributed by atoms with Gasteiger partial charge in [-0.15, -0.1) is 0 Å². The normalized spacial score (nSPS) is 10.5. The minimum absolute atomic E-state index is 0.297. The number of amides is 1. The Morgan fingerprint density at radius 2 is 2.08 bits per heavy atom. The SMILES string of the molecule is COc1ccc(C(=O)Nc2ccnn2Cc2cccc(Cl)c2Cl)cn1. The van der Waals surface area contributed by atoms with Crippen molar-refractivity contribution in [2.45, 2.75) is 6.54 Å². The summed E-state index contributed by atoms with van der Waals surface area (Å²) < 4.78 is 6.61. The van der Waals surface area contributed by atoms with E-state index in [1.807, 2.05) is 12.1 Å². The van der Waals surface area contributed by atoms with Gasteiger partial charge in [-0.25, -0.2) is 9.67 Å². The number of anilines is 1. The number of pyridine rings is 1. The molecular formula is C17H14Cl2N4O2. The fourth-order valence-electron chi connectivity index (χ4n) is 2.22. The third-order valence-corrected chi connectivity index (χ3v) is 4.38. The second-order valence-corrected chi connectivity index (χ2v) is 5.92. The standard InChI is InChI=1S/C17H14Cl2N4O2/c1-25-15-6-5-11(9-20-15)17(24)22-14-7-8-21-23(14)10-12-3-2-4-13(18)16(12)19/h2-9H,10H2,1H3,(H,22,24). The monoisotopic (exact) mass is 376 g/mol. The van der Waals surface area contributed by atoms with E-state index in [0.717, 1.165) is 5.56 Å². The van der Waals surface area contributed by atoms with Gasteiger partial charge in [0.2, 0.25) is 5.88 Å². The van der Waals surface area contributed by atoms with Gasteiger partial charge in [-0.3, -0.25) is 4.79 Å². The van der Waals surface area contributed by atoms with Crippen molar-refractivity contribution in [3.05, 3.63) is 70.0 Å². The first-order valence-corrected chi connectivity index (χ1v) is 8.10. The highest BCUT2D eigenvalue weighted by Crippen LogP contribution is 2.26. The molecule has 0 atom stereocenters. The molecule has 0 fully saturated rings. The second kappa shape index (κ2) is 7.55. The van der Waals surface area contributed by atoms with Crippen LogP contribution in [-0.2, 0) is 6.54 Å². The summed E-state index contributed by atoms with van der Waals surface area (Å²) >= 11 is 12.2. The molecule has 0 aliphatic carbocycles. The topological polar surface area (TPSA) is 69.0 Å². The maximum Gasteiger partial charge on any atom is 0.258 e. The molecule has 6 nitrogen and oxygen atoms in total. The fraction of sp³-hybridized carbons (Fsp3) is 0.118. The highest BCUT2D eigenvalue weighted by atomic mass is 35.5. The van der Waals surface area contributed by atoms with E-state index < -0.39 is 0 Å². The summed E-state index contributed by atoms with van der Waals surface area (Å²) in [5.41, 5.74) is 1.22. The van der Waals surface area contributed by atoms with E-state index >= 15 is 0 Å². The summed E-state index contributed by atoms with van der Waals surface area (Å²) in [6, 6.07) is 10.3. The molecule has 0 bridgehead atoms. The summed E-state index contributed by atoms with van der Waals surface area (Å²) in [4.78, 5) is 16.4. The zero-order valence-corrected chi connectivity index (χ0v) is 14.8. The summed E-state index contributed by atoms with van der Waals surface area (Å²) in [5.74, 6) is 0.683. The number of nitrogens with zero attached hydrogens (tertiary/aromatic N) is 3. The largest absolute Gasteiger partial charge is 0.481 e. The van der Waals surface area contributed by atoms with Gasteiger partial charge in [-0.2, -0.15) is 5.10 Å². The van der Waals surface area contributed by atoms with Crippen molar-refractivity contribution in [2.24, 2.45) is 0 Å². The van der Waals surface area contributed by atoms with Gasteiger partial charge in [0.25, 0.3) is 5.91 Å². The number of carbonyl (C=O) groups is 1. The van der Waals surface area contributed by atoms with Gasteiger partial charge in [-0.05, 0) is 17.7 Å². The molecule has 0 saturated heterocycles. The quantitative estimate of drug-likeness (QED) is 0.733. The number of methoxy groups -OCH3 is 1. The third kappa shape index (κ3) is 3.92. The zero-order valence-electron chi connectivity index (χ0n) is 13.2. The van der Waals surface area contributed by atoms with Crippen LogP contribution in [0.25, 0.3) is 0 Å². The maximum absolute atomic E-state index is 12.4. The van der Waals surface area contributed by atoms with Crippen LogP contribution in [0.5, 0.6) is 5.88 Å². The molecule has 2 heterocycles. The molecule has 8 heteroatoms. The molecule has 0 radical (unpaired) electrons. The van der Waals surface area contributed by atoms with Gasteiger partial charge in [0.05, 0.1) is 35.5 Å². The zero-order chi connectivity index (χ0) is 17.8. The van der Waals surface area contributed by atoms with Gasteiger partial charge in [0.1, 0.15) is 5.82 Å². The van der Waals surface area contributed by atoms with Crippen molar-refractivity contribution >= 4 is 34.9 Å². The van der Waals surface area contributed by atoms with Crippen LogP contribution < -0.4 is 10.1 Å². The number of halogens is 2. The van der Waals surface area contributed by atoms with Crippen molar-refractivity contribution < 1.29 is 9.53 Å². The van der Waals surface area contributed by atoms with E-state index in [2.05, 4.69) is 15.4 Å². The highest BCUT2D eigenvalue weighted by molar-refractivity contribution is 6.42. The van der Waals surface area contributed by atoms with Crippen LogP contribution in [0.1, 0.15) is 15.9 Å². The van der Waals surface area contributed by atoms with E-state index in [-0.39, 0.29) is 5.91 Å². The number of nitrogens with one attached hydrogen (secondary N) is 1. The molecule has 25 heavy (non-hydrogen) atoms. The Balaban J connectivity index is 1.77. The van der Waals surface area contributed by atoms with Crippen molar-refractivity contribution in [2.75, 3.05) is 12.4 Å². The highest BCUT2D eigenvalue weighted by Gasteiger charge is 2.12. The maximum atomic E-state index is 12.4. The van der Waals surface area contributed by atoms with E-state index in [4.69, 9.17) is 27.9 Å². The van der Waals surface area contributed by atoms with Crippen LogP contribution in [0.2, 0.25) is 10.0 Å². The Morgan fingerprint density at radius 3 is 2.80 bits per heavy atom. The number of rotatable bonds is 5. The van der Waals surface area contributed by atoms with Gasteiger partial charge >= 0.3 is 0 Å². The summed E-state index contributed by atoms with van der Waals surface area (Å²) in [5, 5.41) is 7.97. The van der Waals surface area contributed by atoms with Crippen LogP contribution in [0.3, 0.4) is 0 Å². The van der Waals surface area contributed by atoms with Crippen LogP contribution in [0.15, 0.2) is 48.8 Å². The van der Waals surface area contributed by atoms with Crippen LogP contribution in [0, 0.1) is 0 Å². The van der Waals surface area contributed by atoms with E-state index in [9.17, 15) is 4.79 Å². The smallest absolute Gasteiger partial charge is 0.258 e. The number of carbonyl (C=O) groups excluding carboxylic acids is 1. The van der Waals surface area contributed by atoms with Crippen LogP contribution >= 0.6 is 23.2 Å². The van der Waals surface area contributed by atoms with Crippen molar-refractivity contribution in [1.82, 2.24) is 14.8 Å². The summed E-state index contributed by atoms with van der Waals surface area (Å²) in [7, 11) is 1.52. The Bertz CT molecular complexity index is 894. The molecular weight excluding hydrogens is 363 g/mol. The van der Waals surface area contributed by atoms with Gasteiger partial charge in [0.15, 0.2) is 0 Å². The average molecular weight is 377 g/mol. The van der Waals surface area contributed by atoms with Crippen molar-refractivity contribution in [1.29, 1.82) is 0 Å². The van der Waals surface area contributed by atoms with E-state index in [0.29, 0.717) is 33.9 Å². The number of hydrogen-bond donors (Lipinski definition) is 1. The molecule has 128 valence electrons. The summed E-state index contributed by atoms with van der Waals surface area (Å²) in [6.07, 6.45) is 3.04. The lowest BCUT2D eigenvalue weighted by Gasteiger charge is -2.11. The number of benzene rings is 1. The van der Waals surface area contributed by atoms with E-state index in [1.54, 1.807) is 35.1 Å². The molecule has 1 amide bonds. The predicted octanol–water partition coefficient (Wildman–Crippen LogP) is 3.89. The van der Waals surface area contributed by atoms with E-state index in [1.165, 1.54) is 13.3 Å². The lowest BCUT2D eigenvalue weighted by molar-refractivity contribution is 0.102. The van der Waals surface area contributed by atoms with Crippen molar-refractivity contribution in [3.8, 4) is 5.88 Å². The summed E-state index contributed by atoms with van der Waals surface area (Å²) in [6.45, 7) is 0.378. The first-order valence-electron chi connectivity index (χ1n) is 7.34. The molecule has 0 saturated carbocycles. The van der Waals surface area contributed by atoms with Gasteiger partial charge in [-0.1, -0.05) is 35.3 Å². The Morgan fingerprint density at radius 1 is 1.24 bits per heavy atom. The first kappa shape index (κ1) is 17.3. The Labute approximate surface area is 154 Å². The second-order valence-electron chi connectivity index (χ2n) is 5.13. The average Bonchev–Trinajstić information content (AvgIpc) is 3.05.